The van der Waals surface area contributed by atoms with Crippen LogP contribution in [0.2, 0.25) is 0 Å². The van der Waals surface area contributed by atoms with Gasteiger partial charge in [-0.15, -0.1) is 0 Å². The van der Waals surface area contributed by atoms with Gasteiger partial charge in [0.15, 0.2) is 5.88 Å². The lowest BCUT2D eigenvalue weighted by Gasteiger charge is -2.32. The molecule has 5 aromatic rings. The summed E-state index contributed by atoms with van der Waals surface area (Å²) in [5, 5.41) is 12.7. The first-order chi connectivity index (χ1) is 20.4. The van der Waals surface area contributed by atoms with Crippen molar-refractivity contribution in [1.29, 1.82) is 0 Å². The number of aliphatic imine (C=N–C) groups is 1. The van der Waals surface area contributed by atoms with Gasteiger partial charge in [0.2, 0.25) is 0 Å². The molecule has 0 atom stereocenters. The summed E-state index contributed by atoms with van der Waals surface area (Å²) in [4.78, 5) is 37.8. The molecule has 3 heterocycles. The molecule has 1 aliphatic rings. The number of carbonyl (C=O) groups is 2. The lowest BCUT2D eigenvalue weighted by Crippen LogP contribution is -2.47. The molecule has 0 unspecified atom stereocenters. The average Bonchev–Trinajstić information content (AvgIpc) is 3.55. The van der Waals surface area contributed by atoms with Crippen LogP contribution in [-0.4, -0.2) is 82.4 Å². The van der Waals surface area contributed by atoms with Crippen molar-refractivity contribution in [2.24, 2.45) is 4.99 Å². The Morgan fingerprint density at radius 2 is 1.71 bits per heavy atom. The van der Waals surface area contributed by atoms with E-state index >= 15 is 0 Å². The molecule has 1 aliphatic heterocycles. The number of aryl methyl sites for hydroxylation is 1. The van der Waals surface area contributed by atoms with Crippen molar-refractivity contribution in [2.45, 2.75) is 13.5 Å². The number of aromatic hydroxyl groups is 1. The molecule has 0 saturated carbocycles. The number of piperazine rings is 1. The molecule has 9 nitrogen and oxygen atoms in total. The van der Waals surface area contributed by atoms with Crippen molar-refractivity contribution in [2.75, 3.05) is 40.3 Å². The van der Waals surface area contributed by atoms with Crippen LogP contribution in [0.3, 0.4) is 0 Å². The van der Waals surface area contributed by atoms with Gasteiger partial charge >= 0.3 is 5.97 Å². The Bertz CT molecular complexity index is 1830. The van der Waals surface area contributed by atoms with Crippen LogP contribution in [0.15, 0.2) is 77.8 Å². The van der Waals surface area contributed by atoms with E-state index in [1.807, 2.05) is 66.4 Å². The number of nitrogens with one attached hydrogen (secondary N) is 1. The lowest BCUT2D eigenvalue weighted by molar-refractivity contribution is 0.0599. The summed E-state index contributed by atoms with van der Waals surface area (Å²) in [6.07, 6.45) is 0. The van der Waals surface area contributed by atoms with E-state index in [-0.39, 0.29) is 11.8 Å². The van der Waals surface area contributed by atoms with Crippen LogP contribution in [0, 0.1) is 0 Å². The molecule has 1 fully saturated rings. The second-order valence-electron chi connectivity index (χ2n) is 10.5. The molecule has 0 spiro atoms. The number of benzene rings is 3. The van der Waals surface area contributed by atoms with Gasteiger partial charge < -0.3 is 29.2 Å². The standard InChI is InChI=1S/C33H33N5O4/c1-4-38-27-13-11-24(18-23(27)20-28(38)32(40)37-16-14-36(2)15-17-37)34-30(21-8-6-5-7-9-21)29-25-12-10-22(33(41)42-3)19-26(25)35-31(29)39/h5-13,18-20,35,39H,4,14-17H2,1-3H3. The van der Waals surface area contributed by atoms with E-state index in [1.165, 1.54) is 7.11 Å². The summed E-state index contributed by atoms with van der Waals surface area (Å²) >= 11 is 0. The summed E-state index contributed by atoms with van der Waals surface area (Å²) < 4.78 is 6.92. The predicted molar refractivity (Wildman–Crippen MR) is 164 cm³/mol. The number of hydrogen-bond acceptors (Lipinski definition) is 6. The van der Waals surface area contributed by atoms with Crippen molar-refractivity contribution < 1.29 is 19.4 Å². The normalized spacial score (nSPS) is 14.5. The molecule has 3 aromatic carbocycles. The third-order valence-electron chi connectivity index (χ3n) is 7.94. The molecular weight excluding hydrogens is 530 g/mol. The molecule has 0 aliphatic carbocycles. The zero-order chi connectivity index (χ0) is 29.4. The number of aromatic nitrogens is 2. The van der Waals surface area contributed by atoms with Crippen molar-refractivity contribution in [1.82, 2.24) is 19.4 Å². The van der Waals surface area contributed by atoms with E-state index in [0.29, 0.717) is 53.4 Å². The second-order valence-corrected chi connectivity index (χ2v) is 10.5. The summed E-state index contributed by atoms with van der Waals surface area (Å²) in [5.74, 6) is -0.457. The molecule has 2 aromatic heterocycles. The summed E-state index contributed by atoms with van der Waals surface area (Å²) in [7, 11) is 3.41. The van der Waals surface area contributed by atoms with E-state index in [4.69, 9.17) is 9.73 Å². The Kier molecular flexibility index (Phi) is 7.26. The first-order valence-corrected chi connectivity index (χ1v) is 14.1. The van der Waals surface area contributed by atoms with Gasteiger partial charge in [0.05, 0.1) is 29.6 Å². The number of H-pyrrole nitrogens is 1. The van der Waals surface area contributed by atoms with Crippen LogP contribution in [0.25, 0.3) is 21.8 Å². The maximum Gasteiger partial charge on any atom is 0.337 e. The number of ether oxygens (including phenoxy) is 1. The Morgan fingerprint density at radius 1 is 0.952 bits per heavy atom. The average molecular weight is 564 g/mol. The van der Waals surface area contributed by atoms with Crippen LogP contribution >= 0.6 is 0 Å². The van der Waals surface area contributed by atoms with Crippen molar-refractivity contribution in [3.05, 3.63) is 95.2 Å². The van der Waals surface area contributed by atoms with Gasteiger partial charge in [-0.25, -0.2) is 9.79 Å². The van der Waals surface area contributed by atoms with Crippen LogP contribution in [-0.2, 0) is 11.3 Å². The zero-order valence-electron chi connectivity index (χ0n) is 23.9. The minimum atomic E-state index is -0.456. The number of esters is 1. The van der Waals surface area contributed by atoms with E-state index in [2.05, 4.69) is 21.5 Å². The van der Waals surface area contributed by atoms with E-state index < -0.39 is 5.97 Å². The minimum absolute atomic E-state index is 0.0474. The Hall–Kier alpha value is -4.89. The first-order valence-electron chi connectivity index (χ1n) is 14.1. The predicted octanol–water partition coefficient (Wildman–Crippen LogP) is 5.19. The number of hydrogen-bond donors (Lipinski definition) is 2. The number of carbonyl (C=O) groups excluding carboxylic acids is 2. The summed E-state index contributed by atoms with van der Waals surface area (Å²) in [5.41, 5.74) is 5.24. The van der Waals surface area contributed by atoms with E-state index in [1.54, 1.807) is 18.2 Å². The molecule has 9 heteroatoms. The van der Waals surface area contributed by atoms with Crippen molar-refractivity contribution in [3.8, 4) is 5.88 Å². The van der Waals surface area contributed by atoms with Gasteiger partial charge in [0.25, 0.3) is 5.91 Å². The maximum atomic E-state index is 13.5. The summed E-state index contributed by atoms with van der Waals surface area (Å²) in [6.45, 7) is 5.88. The monoisotopic (exact) mass is 563 g/mol. The lowest BCUT2D eigenvalue weighted by atomic mass is 10.00. The Labute approximate surface area is 243 Å². The fraction of sp³-hybridized carbons (Fsp3) is 0.242. The van der Waals surface area contributed by atoms with Crippen LogP contribution < -0.4 is 0 Å². The Balaban J connectivity index is 1.45. The highest BCUT2D eigenvalue weighted by Crippen LogP contribution is 2.33. The van der Waals surface area contributed by atoms with Crippen LogP contribution in [0.4, 0.5) is 5.69 Å². The first kappa shape index (κ1) is 27.3. The topological polar surface area (TPSA) is 103 Å². The number of likely N-dealkylation sites (N-methyl/N-ethyl adjacent to an activating group) is 1. The Morgan fingerprint density at radius 3 is 2.43 bits per heavy atom. The SMILES string of the molecule is CCn1c(C(=O)N2CCN(C)CC2)cc2cc(N=C(c3ccccc3)c3c(O)[nH]c4cc(C(=O)OC)ccc34)ccc21. The largest absolute Gasteiger partial charge is 0.494 e. The van der Waals surface area contributed by atoms with Crippen LogP contribution in [0.1, 0.15) is 38.9 Å². The van der Waals surface area contributed by atoms with Gasteiger partial charge in [-0.1, -0.05) is 36.4 Å². The third kappa shape index (κ3) is 4.92. The molecule has 214 valence electrons. The fourth-order valence-corrected chi connectivity index (χ4v) is 5.68. The number of aromatic amines is 1. The number of amides is 1. The van der Waals surface area contributed by atoms with Crippen molar-refractivity contribution >= 4 is 45.1 Å². The molecule has 1 amide bonds. The third-order valence-corrected chi connectivity index (χ3v) is 7.94. The second kappa shape index (κ2) is 11.2. The van der Waals surface area contributed by atoms with E-state index in [9.17, 15) is 14.7 Å². The van der Waals surface area contributed by atoms with Gasteiger partial charge in [-0.2, -0.15) is 0 Å². The molecule has 1 saturated heterocycles. The fourth-order valence-electron chi connectivity index (χ4n) is 5.68. The van der Waals surface area contributed by atoms with Gasteiger partial charge in [-0.3, -0.25) is 4.79 Å². The minimum Gasteiger partial charge on any atom is -0.494 e. The number of fused-ring (bicyclic) bond motifs is 2. The zero-order valence-corrected chi connectivity index (χ0v) is 23.9. The molecule has 42 heavy (non-hydrogen) atoms. The molecule has 0 radical (unpaired) electrons. The van der Waals surface area contributed by atoms with Gasteiger partial charge in [0.1, 0.15) is 5.69 Å². The maximum absolute atomic E-state index is 13.5. The van der Waals surface area contributed by atoms with E-state index in [0.717, 1.165) is 34.9 Å². The molecule has 6 rings (SSSR count). The van der Waals surface area contributed by atoms with Crippen molar-refractivity contribution in [3.63, 3.8) is 0 Å². The highest BCUT2D eigenvalue weighted by atomic mass is 16.5. The van der Waals surface area contributed by atoms with Gasteiger partial charge in [0, 0.05) is 60.1 Å². The molecular formula is C33H33N5O4. The highest BCUT2D eigenvalue weighted by molar-refractivity contribution is 6.22. The number of nitrogens with zero attached hydrogens (tertiary/aromatic N) is 4. The molecule has 0 bridgehead atoms. The van der Waals surface area contributed by atoms with Crippen LogP contribution in [0.5, 0.6) is 5.88 Å². The summed E-state index contributed by atoms with van der Waals surface area (Å²) in [6, 6.07) is 22.6. The van der Waals surface area contributed by atoms with Gasteiger partial charge in [-0.05, 0) is 50.4 Å². The number of rotatable bonds is 6. The number of methoxy groups -OCH3 is 1. The molecule has 2 N–H and O–H groups in total. The highest BCUT2D eigenvalue weighted by Gasteiger charge is 2.24. The quantitative estimate of drug-likeness (QED) is 0.219. The smallest absolute Gasteiger partial charge is 0.337 e.